The van der Waals surface area contributed by atoms with E-state index in [0.29, 0.717) is 0 Å². The normalized spacial score (nSPS) is 12.1. The molecular weight excluding hydrogens is 192 g/mol. The summed E-state index contributed by atoms with van der Waals surface area (Å²) >= 11 is 0. The van der Waals surface area contributed by atoms with Crippen molar-refractivity contribution in [1.82, 2.24) is 0 Å². The van der Waals surface area contributed by atoms with Gasteiger partial charge >= 0.3 is 0 Å². The van der Waals surface area contributed by atoms with Crippen LogP contribution >= 0.6 is 0 Å². The van der Waals surface area contributed by atoms with Crippen molar-refractivity contribution in [3.63, 3.8) is 0 Å². The van der Waals surface area contributed by atoms with Crippen LogP contribution in [0, 0.1) is 23.0 Å². The third-order valence-corrected chi connectivity index (χ3v) is 1.86. The Kier molecular flexibility index (Phi) is 2.56. The van der Waals surface area contributed by atoms with Crippen LogP contribution in [0.25, 0.3) is 0 Å². The van der Waals surface area contributed by atoms with E-state index in [9.17, 15) is 8.78 Å². The Morgan fingerprint density at radius 3 is 2.43 bits per heavy atom. The van der Waals surface area contributed by atoms with E-state index in [2.05, 4.69) is 0 Å². The number of rotatable bonds is 1. The molecule has 0 fully saturated rings. The topological polar surface area (TPSA) is 64.2 Å². The second kappa shape index (κ2) is 3.50. The number of aromatic hydroxyl groups is 2. The summed E-state index contributed by atoms with van der Waals surface area (Å²) in [4.78, 5) is 0. The largest absolute Gasteiger partial charge is 0.504 e. The predicted molar refractivity (Wildman–Crippen MR) is 43.7 cm³/mol. The zero-order valence-electron chi connectivity index (χ0n) is 7.25. The highest BCUT2D eigenvalue weighted by molar-refractivity contribution is 5.45. The molecule has 14 heavy (non-hydrogen) atoms. The number of phenolic OH excluding ortho intramolecular Hbond substituents is 2. The van der Waals surface area contributed by atoms with Gasteiger partial charge in [0.05, 0.1) is 12.0 Å². The first-order chi connectivity index (χ1) is 6.49. The first kappa shape index (κ1) is 10.3. The zero-order chi connectivity index (χ0) is 10.9. The number of hydrogen-bond acceptors (Lipinski definition) is 3. The molecule has 0 bridgehead atoms. The summed E-state index contributed by atoms with van der Waals surface area (Å²) in [6.45, 7) is 1.38. The van der Waals surface area contributed by atoms with Crippen molar-refractivity contribution in [2.24, 2.45) is 0 Å². The molecule has 0 aliphatic rings. The van der Waals surface area contributed by atoms with Gasteiger partial charge in [0, 0.05) is 5.56 Å². The number of benzene rings is 1. The van der Waals surface area contributed by atoms with Crippen molar-refractivity contribution in [3.8, 4) is 17.6 Å². The summed E-state index contributed by atoms with van der Waals surface area (Å²) in [5.74, 6) is -5.62. The van der Waals surface area contributed by atoms with Crippen LogP contribution < -0.4 is 0 Å². The van der Waals surface area contributed by atoms with Gasteiger partial charge in [-0.3, -0.25) is 0 Å². The van der Waals surface area contributed by atoms with Crippen molar-refractivity contribution < 1.29 is 19.0 Å². The lowest BCUT2D eigenvalue weighted by Gasteiger charge is -2.08. The second-order valence-electron chi connectivity index (χ2n) is 2.81. The van der Waals surface area contributed by atoms with E-state index >= 15 is 0 Å². The molecule has 3 nitrogen and oxygen atoms in total. The Hall–Kier alpha value is -1.83. The van der Waals surface area contributed by atoms with Crippen molar-refractivity contribution in [2.75, 3.05) is 0 Å². The van der Waals surface area contributed by atoms with Crippen LogP contribution in [-0.2, 0) is 0 Å². The second-order valence-corrected chi connectivity index (χ2v) is 2.81. The minimum absolute atomic E-state index is 0.180. The Morgan fingerprint density at radius 1 is 1.36 bits per heavy atom. The first-order valence-corrected chi connectivity index (χ1v) is 3.78. The van der Waals surface area contributed by atoms with Crippen LogP contribution in [0.3, 0.4) is 0 Å². The Morgan fingerprint density at radius 2 is 1.93 bits per heavy atom. The molecule has 0 radical (unpaired) electrons. The number of phenols is 2. The van der Waals surface area contributed by atoms with Gasteiger partial charge in [0.15, 0.2) is 17.3 Å². The Labute approximate surface area is 78.8 Å². The summed E-state index contributed by atoms with van der Waals surface area (Å²) in [5.41, 5.74) is -0.180. The number of hydrogen-bond donors (Lipinski definition) is 2. The van der Waals surface area contributed by atoms with Crippen molar-refractivity contribution >= 4 is 0 Å². The molecule has 0 saturated heterocycles. The summed E-state index contributed by atoms with van der Waals surface area (Å²) < 4.78 is 25.7. The molecule has 1 unspecified atom stereocenters. The van der Waals surface area contributed by atoms with E-state index in [0.717, 1.165) is 6.07 Å². The Balaban J connectivity index is 3.42. The van der Waals surface area contributed by atoms with Crippen molar-refractivity contribution in [2.45, 2.75) is 12.8 Å². The van der Waals surface area contributed by atoms with E-state index in [1.807, 2.05) is 0 Å². The molecule has 0 aliphatic heterocycles. The van der Waals surface area contributed by atoms with Crippen LogP contribution in [-0.4, -0.2) is 10.2 Å². The van der Waals surface area contributed by atoms with Crippen molar-refractivity contribution in [1.29, 1.82) is 5.26 Å². The molecule has 0 saturated carbocycles. The molecule has 0 heterocycles. The maximum atomic E-state index is 12.9. The monoisotopic (exact) mass is 199 g/mol. The third kappa shape index (κ3) is 1.46. The minimum Gasteiger partial charge on any atom is -0.504 e. The zero-order valence-corrected chi connectivity index (χ0v) is 7.25. The van der Waals surface area contributed by atoms with Crippen LogP contribution in [0.15, 0.2) is 6.07 Å². The maximum absolute atomic E-state index is 12.9. The molecule has 0 aliphatic carbocycles. The van der Waals surface area contributed by atoms with E-state index < -0.39 is 29.1 Å². The number of nitriles is 1. The predicted octanol–water partition coefficient (Wildman–Crippen LogP) is 2.00. The molecule has 1 rings (SSSR count). The van der Waals surface area contributed by atoms with E-state index in [-0.39, 0.29) is 5.56 Å². The summed E-state index contributed by atoms with van der Waals surface area (Å²) in [6.07, 6.45) is 0. The SMILES string of the molecule is CC(C#N)c1cc(F)c(O)c(F)c1O. The average molecular weight is 199 g/mol. The van der Waals surface area contributed by atoms with Gasteiger partial charge in [0.2, 0.25) is 5.82 Å². The molecule has 0 aromatic heterocycles. The molecule has 1 aromatic carbocycles. The minimum atomic E-state index is -1.44. The van der Waals surface area contributed by atoms with Crippen LogP contribution in [0.4, 0.5) is 8.78 Å². The van der Waals surface area contributed by atoms with Gasteiger partial charge in [-0.05, 0) is 13.0 Å². The fourth-order valence-corrected chi connectivity index (χ4v) is 1.02. The highest BCUT2D eigenvalue weighted by atomic mass is 19.1. The molecule has 0 spiro atoms. The molecule has 5 heteroatoms. The Bertz CT molecular complexity index is 412. The maximum Gasteiger partial charge on any atom is 0.209 e. The van der Waals surface area contributed by atoms with E-state index in [1.165, 1.54) is 6.92 Å². The van der Waals surface area contributed by atoms with Gasteiger partial charge in [-0.2, -0.15) is 9.65 Å². The molecule has 1 aromatic rings. The summed E-state index contributed by atoms with van der Waals surface area (Å²) in [7, 11) is 0. The lowest BCUT2D eigenvalue weighted by Crippen LogP contribution is -1.95. The average Bonchev–Trinajstić information content (AvgIpc) is 2.19. The van der Waals surface area contributed by atoms with Gasteiger partial charge in [-0.25, -0.2) is 4.39 Å². The fourth-order valence-electron chi connectivity index (χ4n) is 1.02. The molecule has 0 amide bonds. The first-order valence-electron chi connectivity index (χ1n) is 3.78. The molecule has 1 atom stereocenters. The number of halogens is 2. The highest BCUT2D eigenvalue weighted by Crippen LogP contribution is 2.35. The quantitative estimate of drug-likeness (QED) is 0.727. The summed E-state index contributed by atoms with van der Waals surface area (Å²) in [6, 6.07) is 2.46. The van der Waals surface area contributed by atoms with Gasteiger partial charge in [0.25, 0.3) is 0 Å². The van der Waals surface area contributed by atoms with E-state index in [4.69, 9.17) is 15.5 Å². The van der Waals surface area contributed by atoms with Gasteiger partial charge in [0.1, 0.15) is 0 Å². The van der Waals surface area contributed by atoms with Gasteiger partial charge in [-0.1, -0.05) is 0 Å². The number of nitrogens with zero attached hydrogens (tertiary/aromatic N) is 1. The van der Waals surface area contributed by atoms with Gasteiger partial charge in [-0.15, -0.1) is 0 Å². The van der Waals surface area contributed by atoms with Crippen LogP contribution in [0.2, 0.25) is 0 Å². The standard InChI is InChI=1S/C9H7F2NO2/c1-4(3-12)5-2-6(10)9(14)7(11)8(5)13/h2,4,13-14H,1H3. The van der Waals surface area contributed by atoms with Crippen molar-refractivity contribution in [3.05, 3.63) is 23.3 Å². The lowest BCUT2D eigenvalue weighted by atomic mass is 10.0. The molecular formula is C9H7F2NO2. The van der Waals surface area contributed by atoms with Crippen LogP contribution in [0.1, 0.15) is 18.4 Å². The molecule has 74 valence electrons. The fraction of sp³-hybridized carbons (Fsp3) is 0.222. The summed E-state index contributed by atoms with van der Waals surface area (Å²) in [5, 5.41) is 26.4. The smallest absolute Gasteiger partial charge is 0.209 e. The lowest BCUT2D eigenvalue weighted by molar-refractivity contribution is 0.362. The van der Waals surface area contributed by atoms with E-state index in [1.54, 1.807) is 6.07 Å². The third-order valence-electron chi connectivity index (χ3n) is 1.86. The van der Waals surface area contributed by atoms with Crippen LogP contribution in [0.5, 0.6) is 11.5 Å². The highest BCUT2D eigenvalue weighted by Gasteiger charge is 2.20. The molecule has 2 N–H and O–H groups in total. The van der Waals surface area contributed by atoms with Gasteiger partial charge < -0.3 is 10.2 Å².